The number of rotatable bonds is 6. The van der Waals surface area contributed by atoms with E-state index in [0.717, 1.165) is 22.6 Å². The summed E-state index contributed by atoms with van der Waals surface area (Å²) in [4.78, 5) is 24.7. The van der Waals surface area contributed by atoms with Crippen molar-refractivity contribution in [2.24, 2.45) is 10.8 Å². The molecule has 3 aromatic rings. The molecule has 0 spiro atoms. The molecule has 2 heterocycles. The summed E-state index contributed by atoms with van der Waals surface area (Å²) < 4.78 is 1.87. The number of anilines is 1. The van der Waals surface area contributed by atoms with Crippen LogP contribution in [0.15, 0.2) is 65.8 Å². The minimum atomic E-state index is -0.688. The van der Waals surface area contributed by atoms with Gasteiger partial charge in [0.2, 0.25) is 5.91 Å². The molecule has 4 rings (SSSR count). The maximum atomic E-state index is 12.8. The molecule has 2 aromatic carbocycles. The smallest absolute Gasteiger partial charge is 0.267 e. The van der Waals surface area contributed by atoms with Crippen LogP contribution in [0.2, 0.25) is 0 Å². The van der Waals surface area contributed by atoms with E-state index < -0.39 is 11.9 Å². The van der Waals surface area contributed by atoms with Crippen LogP contribution in [0.5, 0.6) is 0 Å². The third-order valence-corrected chi connectivity index (χ3v) is 5.39. The molecule has 0 radical (unpaired) electrons. The fraction of sp³-hybridized carbons (Fsp3) is 0.217. The van der Waals surface area contributed by atoms with Crippen molar-refractivity contribution in [1.82, 2.24) is 15.1 Å². The zero-order valence-corrected chi connectivity index (χ0v) is 17.4. The number of nitrogens with two attached hydrogens (primary N) is 1. The predicted octanol–water partition coefficient (Wildman–Crippen LogP) is 2.23. The molecule has 8 nitrogen and oxygen atoms in total. The number of hydrogen-bond acceptors (Lipinski definition) is 5. The minimum absolute atomic E-state index is 0.164. The molecule has 2 amide bonds. The maximum absolute atomic E-state index is 12.8. The van der Waals surface area contributed by atoms with Crippen molar-refractivity contribution in [3.63, 3.8) is 0 Å². The highest BCUT2D eigenvalue weighted by Crippen LogP contribution is 2.24. The molecular weight excluding hydrogens is 392 g/mol. The molecule has 0 saturated carbocycles. The summed E-state index contributed by atoms with van der Waals surface area (Å²) in [6.07, 6.45) is 0.164. The molecule has 1 aromatic heterocycles. The van der Waals surface area contributed by atoms with E-state index in [1.54, 1.807) is 0 Å². The third-order valence-electron chi connectivity index (χ3n) is 5.39. The Bertz CT molecular complexity index is 1140. The van der Waals surface area contributed by atoms with Crippen LogP contribution in [0, 0.1) is 13.8 Å². The van der Waals surface area contributed by atoms with Gasteiger partial charge in [-0.05, 0) is 38.1 Å². The third kappa shape index (κ3) is 4.05. The van der Waals surface area contributed by atoms with Crippen LogP contribution in [0.4, 0.5) is 5.69 Å². The molecule has 0 unspecified atom stereocenters. The highest BCUT2D eigenvalue weighted by atomic mass is 16.2. The Hall–Kier alpha value is -3.94. The van der Waals surface area contributed by atoms with Crippen LogP contribution in [0.25, 0.3) is 5.69 Å². The fourth-order valence-corrected chi connectivity index (χ4v) is 3.71. The minimum Gasteiger partial charge on any atom is -0.368 e. The zero-order valence-electron chi connectivity index (χ0n) is 17.4. The van der Waals surface area contributed by atoms with Crippen LogP contribution < -0.4 is 16.1 Å². The predicted molar refractivity (Wildman–Crippen MR) is 119 cm³/mol. The van der Waals surface area contributed by atoms with Gasteiger partial charge in [-0.3, -0.25) is 14.6 Å². The highest BCUT2D eigenvalue weighted by molar-refractivity contribution is 6.40. The Balaban J connectivity index is 1.50. The quantitative estimate of drug-likeness (QED) is 0.643. The normalized spacial score (nSPS) is 15.6. The van der Waals surface area contributed by atoms with E-state index in [4.69, 9.17) is 5.73 Å². The van der Waals surface area contributed by atoms with Crippen molar-refractivity contribution in [3.8, 4) is 5.69 Å². The molecule has 31 heavy (non-hydrogen) atoms. The lowest BCUT2D eigenvalue weighted by atomic mass is 10.1. The number of hydrogen-bond donors (Lipinski definition) is 2. The summed E-state index contributed by atoms with van der Waals surface area (Å²) in [7, 11) is 0. The van der Waals surface area contributed by atoms with E-state index in [2.05, 4.69) is 15.5 Å². The molecule has 0 fully saturated rings. The van der Waals surface area contributed by atoms with E-state index in [1.165, 1.54) is 5.01 Å². The topological polar surface area (TPSA) is 106 Å². The van der Waals surface area contributed by atoms with E-state index in [9.17, 15) is 9.59 Å². The van der Waals surface area contributed by atoms with Crippen LogP contribution in [-0.2, 0) is 16.1 Å². The van der Waals surface area contributed by atoms with Gasteiger partial charge in [-0.25, -0.2) is 4.68 Å². The Morgan fingerprint density at radius 1 is 1.03 bits per heavy atom. The number of hydrazone groups is 1. The molecular formula is C23H24N6O2. The van der Waals surface area contributed by atoms with E-state index >= 15 is 0 Å². The standard InChI is InChI=1S/C23H24N6O2/c1-15-19(16(2)28(26-15)17-9-5-3-6-10-17)14-25-23(31)20-13-21(22(24)30)29(27-20)18-11-7-4-8-12-18/h3-12,21H,13-14H2,1-2H3,(H2,24,30)(H,25,31)/t21-/m1/s1. The summed E-state index contributed by atoms with van der Waals surface area (Å²) in [6, 6.07) is 18.4. The van der Waals surface area contributed by atoms with Gasteiger partial charge in [0.05, 0.1) is 17.1 Å². The number of nitrogens with zero attached hydrogens (tertiary/aromatic N) is 4. The first kappa shape index (κ1) is 20.3. The molecule has 158 valence electrons. The van der Waals surface area contributed by atoms with Crippen LogP contribution >= 0.6 is 0 Å². The number of aryl methyl sites for hydroxylation is 1. The molecule has 1 aliphatic rings. The molecule has 3 N–H and O–H groups in total. The zero-order chi connectivity index (χ0) is 22.0. The lowest BCUT2D eigenvalue weighted by molar-refractivity contribution is -0.119. The molecule has 1 aliphatic heterocycles. The van der Waals surface area contributed by atoms with Gasteiger partial charge in [0.25, 0.3) is 5.91 Å². The van der Waals surface area contributed by atoms with Crippen molar-refractivity contribution in [3.05, 3.63) is 77.6 Å². The van der Waals surface area contributed by atoms with Gasteiger partial charge in [0.1, 0.15) is 11.8 Å². The second kappa shape index (κ2) is 8.43. The summed E-state index contributed by atoms with van der Waals surface area (Å²) in [5.41, 5.74) is 10.3. The van der Waals surface area contributed by atoms with Crippen LogP contribution in [0.1, 0.15) is 23.4 Å². The number of para-hydroxylation sites is 2. The monoisotopic (exact) mass is 416 g/mol. The molecule has 0 bridgehead atoms. The van der Waals surface area contributed by atoms with Crippen molar-refractivity contribution < 1.29 is 9.59 Å². The molecule has 1 atom stereocenters. The Labute approximate surface area is 180 Å². The van der Waals surface area contributed by atoms with Crippen LogP contribution in [-0.4, -0.2) is 33.3 Å². The van der Waals surface area contributed by atoms with Gasteiger partial charge in [-0.15, -0.1) is 0 Å². The lowest BCUT2D eigenvalue weighted by Crippen LogP contribution is -2.39. The molecule has 0 aliphatic carbocycles. The summed E-state index contributed by atoms with van der Waals surface area (Å²) in [5.74, 6) is -0.845. The van der Waals surface area contributed by atoms with Crippen molar-refractivity contribution in [1.29, 1.82) is 0 Å². The summed E-state index contributed by atoms with van der Waals surface area (Å²) in [6.45, 7) is 4.21. The number of carbonyl (C=O) groups is 2. The SMILES string of the molecule is Cc1nn(-c2ccccc2)c(C)c1CNC(=O)C1=NN(c2ccccc2)[C@@H](C(N)=O)C1. The Morgan fingerprint density at radius 2 is 1.65 bits per heavy atom. The Kier molecular flexibility index (Phi) is 5.53. The van der Waals surface area contributed by atoms with Gasteiger partial charge in [0, 0.05) is 24.2 Å². The van der Waals surface area contributed by atoms with Gasteiger partial charge in [-0.2, -0.15) is 10.2 Å². The number of amides is 2. The number of nitrogens with one attached hydrogen (secondary N) is 1. The second-order valence-electron chi connectivity index (χ2n) is 7.43. The van der Waals surface area contributed by atoms with Crippen molar-refractivity contribution >= 4 is 23.2 Å². The van der Waals surface area contributed by atoms with Crippen molar-refractivity contribution in [2.75, 3.05) is 5.01 Å². The summed E-state index contributed by atoms with van der Waals surface area (Å²) in [5, 5.41) is 13.4. The maximum Gasteiger partial charge on any atom is 0.267 e. The van der Waals surface area contributed by atoms with E-state index in [0.29, 0.717) is 12.2 Å². The van der Waals surface area contributed by atoms with E-state index in [-0.39, 0.29) is 18.0 Å². The van der Waals surface area contributed by atoms with Crippen LogP contribution in [0.3, 0.4) is 0 Å². The molecule has 8 heteroatoms. The first-order chi connectivity index (χ1) is 15.0. The first-order valence-corrected chi connectivity index (χ1v) is 10.1. The van der Waals surface area contributed by atoms with Crippen molar-refractivity contribution in [2.45, 2.75) is 32.9 Å². The number of benzene rings is 2. The fourth-order valence-electron chi connectivity index (χ4n) is 3.71. The van der Waals surface area contributed by atoms with Gasteiger partial charge >= 0.3 is 0 Å². The summed E-state index contributed by atoms with van der Waals surface area (Å²) >= 11 is 0. The van der Waals surface area contributed by atoms with E-state index in [1.807, 2.05) is 79.2 Å². The van der Waals surface area contributed by atoms with Gasteiger partial charge in [-0.1, -0.05) is 36.4 Å². The average Bonchev–Trinajstić information content (AvgIpc) is 3.35. The lowest BCUT2D eigenvalue weighted by Gasteiger charge is -2.20. The number of primary amides is 1. The highest BCUT2D eigenvalue weighted by Gasteiger charge is 2.34. The number of carbonyl (C=O) groups excluding carboxylic acids is 2. The Morgan fingerprint density at radius 3 is 2.26 bits per heavy atom. The van der Waals surface area contributed by atoms with Gasteiger partial charge in [0.15, 0.2) is 0 Å². The van der Waals surface area contributed by atoms with Gasteiger partial charge < -0.3 is 11.1 Å². The molecule has 0 saturated heterocycles. The second-order valence-corrected chi connectivity index (χ2v) is 7.43. The number of aromatic nitrogens is 2. The largest absolute Gasteiger partial charge is 0.368 e. The first-order valence-electron chi connectivity index (χ1n) is 10.1. The average molecular weight is 416 g/mol.